The molecular weight excluding hydrogens is 236 g/mol. The number of rotatable bonds is 3. The van der Waals surface area contributed by atoms with Crippen LogP contribution in [0.15, 0.2) is 36.4 Å². The van der Waals surface area contributed by atoms with Gasteiger partial charge >= 0.3 is 0 Å². The first kappa shape index (κ1) is 13.1. The summed E-state index contributed by atoms with van der Waals surface area (Å²) >= 11 is 0. The van der Waals surface area contributed by atoms with Gasteiger partial charge in [-0.1, -0.05) is 12.1 Å². The van der Waals surface area contributed by atoms with Crippen molar-refractivity contribution in [1.82, 2.24) is 0 Å². The summed E-state index contributed by atoms with van der Waals surface area (Å²) in [6.07, 6.45) is 0. The zero-order valence-electron chi connectivity index (χ0n) is 11.4. The number of hydrogen-bond acceptors (Lipinski definition) is 2. The van der Waals surface area contributed by atoms with Gasteiger partial charge in [0, 0.05) is 0 Å². The van der Waals surface area contributed by atoms with Gasteiger partial charge in [0.05, 0.1) is 5.56 Å². The minimum Gasteiger partial charge on any atom is -0.457 e. The number of aryl methyl sites for hydroxylation is 3. The molecule has 0 unspecified atom stereocenters. The van der Waals surface area contributed by atoms with Crippen molar-refractivity contribution in [2.24, 2.45) is 5.73 Å². The van der Waals surface area contributed by atoms with Crippen LogP contribution in [-0.2, 0) is 0 Å². The lowest BCUT2D eigenvalue weighted by molar-refractivity contribution is 0.480. The van der Waals surface area contributed by atoms with Crippen LogP contribution in [0.5, 0.6) is 11.5 Å². The minimum absolute atomic E-state index is 0.0128. The number of nitrogens with one attached hydrogen (secondary N) is 1. The van der Waals surface area contributed by atoms with Crippen molar-refractivity contribution in [3.05, 3.63) is 58.7 Å². The number of benzene rings is 2. The molecule has 3 heteroatoms. The molecule has 98 valence electrons. The van der Waals surface area contributed by atoms with E-state index in [4.69, 9.17) is 15.9 Å². The summed E-state index contributed by atoms with van der Waals surface area (Å²) in [5.41, 5.74) is 9.66. The lowest BCUT2D eigenvalue weighted by atomic mass is 10.1. The Morgan fingerprint density at radius 1 is 1.00 bits per heavy atom. The van der Waals surface area contributed by atoms with Crippen LogP contribution in [0, 0.1) is 26.2 Å². The fourth-order valence-corrected chi connectivity index (χ4v) is 1.84. The van der Waals surface area contributed by atoms with E-state index in [0.717, 1.165) is 11.3 Å². The molecule has 19 heavy (non-hydrogen) atoms. The van der Waals surface area contributed by atoms with Crippen molar-refractivity contribution >= 4 is 5.84 Å². The molecule has 0 fully saturated rings. The number of nitrogen functional groups attached to an aromatic ring is 1. The molecule has 0 aromatic heterocycles. The van der Waals surface area contributed by atoms with E-state index in [1.54, 1.807) is 0 Å². The van der Waals surface area contributed by atoms with Crippen molar-refractivity contribution in [3.8, 4) is 11.5 Å². The Morgan fingerprint density at radius 3 is 2.37 bits per heavy atom. The van der Waals surface area contributed by atoms with E-state index in [-0.39, 0.29) is 5.84 Å². The van der Waals surface area contributed by atoms with E-state index in [9.17, 15) is 0 Å². The zero-order chi connectivity index (χ0) is 14.0. The van der Waals surface area contributed by atoms with Gasteiger partial charge in [0.15, 0.2) is 0 Å². The fraction of sp³-hybridized carbons (Fsp3) is 0.188. The first-order valence-corrected chi connectivity index (χ1v) is 6.17. The summed E-state index contributed by atoms with van der Waals surface area (Å²) in [4.78, 5) is 0. The van der Waals surface area contributed by atoms with Gasteiger partial charge in [-0.05, 0) is 61.7 Å². The van der Waals surface area contributed by atoms with Gasteiger partial charge in [-0.15, -0.1) is 0 Å². The second kappa shape index (κ2) is 5.14. The van der Waals surface area contributed by atoms with E-state index in [1.807, 2.05) is 50.2 Å². The van der Waals surface area contributed by atoms with Gasteiger partial charge < -0.3 is 10.5 Å². The molecule has 0 aliphatic heterocycles. The van der Waals surface area contributed by atoms with Crippen molar-refractivity contribution in [1.29, 1.82) is 5.41 Å². The van der Waals surface area contributed by atoms with Crippen LogP contribution >= 0.6 is 0 Å². The van der Waals surface area contributed by atoms with E-state index in [2.05, 4.69) is 6.92 Å². The van der Waals surface area contributed by atoms with Crippen LogP contribution in [0.2, 0.25) is 0 Å². The molecule has 3 N–H and O–H groups in total. The molecule has 3 nitrogen and oxygen atoms in total. The van der Waals surface area contributed by atoms with Crippen LogP contribution in [0.4, 0.5) is 0 Å². The zero-order valence-corrected chi connectivity index (χ0v) is 11.4. The van der Waals surface area contributed by atoms with Gasteiger partial charge in [-0.25, -0.2) is 0 Å². The first-order valence-electron chi connectivity index (χ1n) is 6.17. The lowest BCUT2D eigenvalue weighted by Gasteiger charge is -2.12. The molecule has 2 aromatic rings. The molecule has 0 heterocycles. The highest BCUT2D eigenvalue weighted by molar-refractivity contribution is 5.97. The quantitative estimate of drug-likeness (QED) is 0.648. The van der Waals surface area contributed by atoms with E-state index < -0.39 is 0 Å². The summed E-state index contributed by atoms with van der Waals surface area (Å²) in [7, 11) is 0. The van der Waals surface area contributed by atoms with E-state index in [1.165, 1.54) is 11.1 Å². The standard InChI is InChI=1S/C16H18N2O/c1-10-4-7-14(16(17)18)15(8-10)19-13-6-5-11(2)12(3)9-13/h4-9H,1-3H3,(H3,17,18). The third kappa shape index (κ3) is 2.94. The van der Waals surface area contributed by atoms with Crippen molar-refractivity contribution < 1.29 is 4.74 Å². The summed E-state index contributed by atoms with van der Waals surface area (Å²) in [5.74, 6) is 1.39. The van der Waals surface area contributed by atoms with E-state index >= 15 is 0 Å². The van der Waals surface area contributed by atoms with Gasteiger partial charge in [0.25, 0.3) is 0 Å². The molecule has 0 aliphatic carbocycles. The van der Waals surface area contributed by atoms with Crippen molar-refractivity contribution in [2.45, 2.75) is 20.8 Å². The predicted octanol–water partition coefficient (Wildman–Crippen LogP) is 3.69. The molecule has 0 bridgehead atoms. The summed E-state index contributed by atoms with van der Waals surface area (Å²) in [6.45, 7) is 6.09. The molecule has 0 saturated carbocycles. The summed E-state index contributed by atoms with van der Waals surface area (Å²) in [6, 6.07) is 11.6. The molecule has 0 atom stereocenters. The topological polar surface area (TPSA) is 59.1 Å². The highest BCUT2D eigenvalue weighted by Crippen LogP contribution is 2.27. The molecular formula is C16H18N2O. The SMILES string of the molecule is Cc1ccc(C(=N)N)c(Oc2ccc(C)c(C)c2)c1. The van der Waals surface area contributed by atoms with Crippen LogP contribution < -0.4 is 10.5 Å². The highest BCUT2D eigenvalue weighted by Gasteiger charge is 2.08. The van der Waals surface area contributed by atoms with Crippen molar-refractivity contribution in [3.63, 3.8) is 0 Å². The maximum Gasteiger partial charge on any atom is 0.138 e. The van der Waals surface area contributed by atoms with E-state index in [0.29, 0.717) is 11.3 Å². The normalized spacial score (nSPS) is 10.3. The fourth-order valence-electron chi connectivity index (χ4n) is 1.84. The number of nitrogens with two attached hydrogens (primary N) is 1. The number of amidine groups is 1. The molecule has 2 aromatic carbocycles. The van der Waals surface area contributed by atoms with Crippen LogP contribution in [0.3, 0.4) is 0 Å². The minimum atomic E-state index is 0.0128. The lowest BCUT2D eigenvalue weighted by Crippen LogP contribution is -2.12. The van der Waals surface area contributed by atoms with Crippen LogP contribution in [0.25, 0.3) is 0 Å². The Balaban J connectivity index is 2.39. The number of ether oxygens (including phenoxy) is 1. The molecule has 0 spiro atoms. The predicted molar refractivity (Wildman–Crippen MR) is 78.2 cm³/mol. The van der Waals surface area contributed by atoms with Gasteiger partial charge in [-0.3, -0.25) is 5.41 Å². The second-order valence-electron chi connectivity index (χ2n) is 4.76. The molecule has 2 rings (SSSR count). The maximum atomic E-state index is 7.59. The van der Waals surface area contributed by atoms with Crippen molar-refractivity contribution in [2.75, 3.05) is 0 Å². The third-order valence-electron chi connectivity index (χ3n) is 3.13. The molecule has 0 saturated heterocycles. The third-order valence-corrected chi connectivity index (χ3v) is 3.13. The summed E-state index contributed by atoms with van der Waals surface area (Å²) < 4.78 is 5.87. The largest absolute Gasteiger partial charge is 0.457 e. The Labute approximate surface area is 113 Å². The van der Waals surface area contributed by atoms with Gasteiger partial charge in [-0.2, -0.15) is 0 Å². The van der Waals surface area contributed by atoms with Crippen LogP contribution in [-0.4, -0.2) is 5.84 Å². The van der Waals surface area contributed by atoms with Gasteiger partial charge in [0.2, 0.25) is 0 Å². The Hall–Kier alpha value is -2.29. The smallest absolute Gasteiger partial charge is 0.138 e. The highest BCUT2D eigenvalue weighted by atomic mass is 16.5. The number of hydrogen-bond donors (Lipinski definition) is 2. The Bertz CT molecular complexity index is 633. The molecule has 0 aliphatic rings. The Morgan fingerprint density at radius 2 is 1.74 bits per heavy atom. The summed E-state index contributed by atoms with van der Waals surface area (Å²) in [5, 5.41) is 7.59. The Kier molecular flexibility index (Phi) is 3.56. The van der Waals surface area contributed by atoms with Crippen LogP contribution in [0.1, 0.15) is 22.3 Å². The van der Waals surface area contributed by atoms with Gasteiger partial charge in [0.1, 0.15) is 17.3 Å². The maximum absolute atomic E-state index is 7.59. The second-order valence-corrected chi connectivity index (χ2v) is 4.76. The monoisotopic (exact) mass is 254 g/mol. The first-order chi connectivity index (χ1) is 8.97. The average molecular weight is 254 g/mol. The molecule has 0 amide bonds. The average Bonchev–Trinajstić information content (AvgIpc) is 2.33. The molecule has 0 radical (unpaired) electrons.